The molecular formula is C19H23N3O4. The summed E-state index contributed by atoms with van der Waals surface area (Å²) in [5, 5.41) is 14.6. The van der Waals surface area contributed by atoms with Crippen LogP contribution in [0.4, 0.5) is 11.4 Å². The van der Waals surface area contributed by atoms with Crippen molar-refractivity contribution in [1.82, 2.24) is 0 Å². The predicted octanol–water partition coefficient (Wildman–Crippen LogP) is 2.22. The highest BCUT2D eigenvalue weighted by atomic mass is 16.5. The van der Waals surface area contributed by atoms with Gasteiger partial charge in [0, 0.05) is 24.8 Å². The molecule has 0 radical (unpaired) electrons. The molecule has 7 nitrogen and oxygen atoms in total. The van der Waals surface area contributed by atoms with Crippen molar-refractivity contribution in [3.05, 3.63) is 53.6 Å². The van der Waals surface area contributed by atoms with E-state index in [0.717, 1.165) is 16.8 Å². The lowest BCUT2D eigenvalue weighted by molar-refractivity contribution is -0.137. The number of rotatable bonds is 9. The number of nitrogens with two attached hydrogens (primary N) is 1. The molecule has 26 heavy (non-hydrogen) atoms. The molecule has 2 aromatic carbocycles. The second-order valence-electron chi connectivity index (χ2n) is 5.70. The van der Waals surface area contributed by atoms with Crippen LogP contribution in [0.25, 0.3) is 0 Å². The Kier molecular flexibility index (Phi) is 6.99. The Bertz CT molecular complexity index is 760. The smallest absolute Gasteiger partial charge is 0.303 e. The monoisotopic (exact) mass is 357 g/mol. The quantitative estimate of drug-likeness (QED) is 0.547. The molecule has 2 aromatic rings. The third-order valence-electron chi connectivity index (χ3n) is 3.78. The van der Waals surface area contributed by atoms with Gasteiger partial charge >= 0.3 is 5.97 Å². The molecule has 0 bridgehead atoms. The molecular weight excluding hydrogens is 334 g/mol. The van der Waals surface area contributed by atoms with Gasteiger partial charge < -0.3 is 26.2 Å². The Morgan fingerprint density at radius 2 is 1.88 bits per heavy atom. The van der Waals surface area contributed by atoms with Crippen LogP contribution in [0.3, 0.4) is 0 Å². The molecule has 0 heterocycles. The molecule has 0 aromatic heterocycles. The number of benzene rings is 2. The van der Waals surface area contributed by atoms with E-state index in [2.05, 4.69) is 10.6 Å². The van der Waals surface area contributed by atoms with E-state index < -0.39 is 5.97 Å². The van der Waals surface area contributed by atoms with Gasteiger partial charge in [-0.05, 0) is 47.9 Å². The number of carboxylic acid groups (broad SMARTS) is 1. The maximum absolute atomic E-state index is 11.3. The third-order valence-corrected chi connectivity index (χ3v) is 3.78. The molecule has 7 heteroatoms. The average molecular weight is 357 g/mol. The molecule has 0 aliphatic heterocycles. The van der Waals surface area contributed by atoms with Crippen LogP contribution in [0.2, 0.25) is 0 Å². The van der Waals surface area contributed by atoms with Crippen LogP contribution in [0.5, 0.6) is 5.75 Å². The van der Waals surface area contributed by atoms with Crippen LogP contribution >= 0.6 is 0 Å². The van der Waals surface area contributed by atoms with E-state index >= 15 is 0 Å². The lowest BCUT2D eigenvalue weighted by Gasteiger charge is -2.12. The zero-order valence-corrected chi connectivity index (χ0v) is 14.6. The van der Waals surface area contributed by atoms with Gasteiger partial charge in [0.25, 0.3) is 0 Å². The number of aryl methyl sites for hydroxylation is 1. The minimum absolute atomic E-state index is 0.0579. The summed E-state index contributed by atoms with van der Waals surface area (Å²) in [6.07, 6.45) is 0.492. The van der Waals surface area contributed by atoms with Gasteiger partial charge in [-0.15, -0.1) is 0 Å². The number of amides is 1. The number of carboxylic acids is 1. The molecule has 0 unspecified atom stereocenters. The van der Waals surface area contributed by atoms with Gasteiger partial charge in [-0.1, -0.05) is 12.1 Å². The summed E-state index contributed by atoms with van der Waals surface area (Å²) in [5.74, 6) is -0.405. The van der Waals surface area contributed by atoms with Crippen LogP contribution < -0.4 is 21.1 Å². The van der Waals surface area contributed by atoms with Gasteiger partial charge in [-0.25, -0.2) is 0 Å². The fourth-order valence-corrected chi connectivity index (χ4v) is 2.42. The first-order valence-corrected chi connectivity index (χ1v) is 8.26. The van der Waals surface area contributed by atoms with Crippen molar-refractivity contribution < 1.29 is 19.4 Å². The summed E-state index contributed by atoms with van der Waals surface area (Å²) in [6.45, 7) is 0.306. The molecule has 1 amide bonds. The fourth-order valence-electron chi connectivity index (χ4n) is 2.42. The molecule has 0 spiro atoms. The second kappa shape index (κ2) is 9.43. The van der Waals surface area contributed by atoms with E-state index in [1.807, 2.05) is 30.3 Å². The number of hydrogen-bond donors (Lipinski definition) is 4. The Morgan fingerprint density at radius 3 is 2.50 bits per heavy atom. The summed E-state index contributed by atoms with van der Waals surface area (Å²) in [4.78, 5) is 22.1. The average Bonchev–Trinajstić information content (AvgIpc) is 2.65. The van der Waals surface area contributed by atoms with Crippen molar-refractivity contribution in [2.45, 2.75) is 19.4 Å². The minimum atomic E-state index is -0.833. The van der Waals surface area contributed by atoms with Crippen molar-refractivity contribution in [3.8, 4) is 5.75 Å². The molecule has 2 rings (SSSR count). The molecule has 0 atom stereocenters. The predicted molar refractivity (Wildman–Crippen MR) is 100 cm³/mol. The van der Waals surface area contributed by atoms with Crippen LogP contribution in [0, 0.1) is 0 Å². The standard InChI is InChI=1S/C19H23N3O4/c1-21-17-8-7-16(10-14(17)4-9-19(24)25)26-12-13-2-5-15(6-3-13)22-18(23)11-20/h2-3,5-8,10,21H,4,9,11-12,20H2,1H3,(H,22,23)(H,24,25). The molecule has 0 saturated heterocycles. The Hall–Kier alpha value is -3.06. The van der Waals surface area contributed by atoms with Gasteiger partial charge in [0.05, 0.1) is 6.54 Å². The van der Waals surface area contributed by atoms with E-state index in [-0.39, 0.29) is 18.9 Å². The van der Waals surface area contributed by atoms with Crippen molar-refractivity contribution in [3.63, 3.8) is 0 Å². The number of aliphatic carboxylic acids is 1. The van der Waals surface area contributed by atoms with Crippen molar-refractivity contribution in [2.24, 2.45) is 5.73 Å². The maximum Gasteiger partial charge on any atom is 0.303 e. The number of carbonyl (C=O) groups excluding carboxylic acids is 1. The summed E-state index contributed by atoms with van der Waals surface area (Å²) < 4.78 is 5.80. The van der Waals surface area contributed by atoms with Crippen LogP contribution in [-0.2, 0) is 22.6 Å². The largest absolute Gasteiger partial charge is 0.489 e. The first-order valence-electron chi connectivity index (χ1n) is 8.26. The molecule has 5 N–H and O–H groups in total. The van der Waals surface area contributed by atoms with Gasteiger partial charge in [0.15, 0.2) is 0 Å². The van der Waals surface area contributed by atoms with Gasteiger partial charge in [0.2, 0.25) is 5.91 Å². The van der Waals surface area contributed by atoms with Gasteiger partial charge in [0.1, 0.15) is 12.4 Å². The highest BCUT2D eigenvalue weighted by Crippen LogP contribution is 2.24. The summed E-state index contributed by atoms with van der Waals surface area (Å²) in [6, 6.07) is 12.9. The van der Waals surface area contributed by atoms with Gasteiger partial charge in [-0.3, -0.25) is 9.59 Å². The summed E-state index contributed by atoms with van der Waals surface area (Å²) in [7, 11) is 1.80. The Morgan fingerprint density at radius 1 is 1.15 bits per heavy atom. The minimum Gasteiger partial charge on any atom is -0.489 e. The van der Waals surface area contributed by atoms with Crippen molar-refractivity contribution in [2.75, 3.05) is 24.2 Å². The van der Waals surface area contributed by atoms with E-state index in [0.29, 0.717) is 24.5 Å². The molecule has 0 aliphatic carbocycles. The highest BCUT2D eigenvalue weighted by Gasteiger charge is 2.07. The number of hydrogen-bond acceptors (Lipinski definition) is 5. The van der Waals surface area contributed by atoms with E-state index in [9.17, 15) is 9.59 Å². The van der Waals surface area contributed by atoms with Crippen LogP contribution in [-0.4, -0.2) is 30.6 Å². The molecule has 0 fully saturated rings. The first kappa shape index (κ1) is 19.3. The first-order chi connectivity index (χ1) is 12.5. The Labute approximate surface area is 152 Å². The van der Waals surface area contributed by atoms with Crippen molar-refractivity contribution in [1.29, 1.82) is 0 Å². The fraction of sp³-hybridized carbons (Fsp3) is 0.263. The molecule has 138 valence electrons. The zero-order valence-electron chi connectivity index (χ0n) is 14.6. The zero-order chi connectivity index (χ0) is 18.9. The number of ether oxygens (including phenoxy) is 1. The van der Waals surface area contributed by atoms with Crippen molar-refractivity contribution >= 4 is 23.3 Å². The Balaban J connectivity index is 1.99. The van der Waals surface area contributed by atoms with Gasteiger partial charge in [-0.2, -0.15) is 0 Å². The number of anilines is 2. The normalized spacial score (nSPS) is 10.2. The third kappa shape index (κ3) is 5.78. The topological polar surface area (TPSA) is 114 Å². The number of carbonyl (C=O) groups is 2. The molecule has 0 saturated carbocycles. The number of nitrogens with one attached hydrogen (secondary N) is 2. The molecule has 0 aliphatic rings. The summed E-state index contributed by atoms with van der Waals surface area (Å²) >= 11 is 0. The van der Waals surface area contributed by atoms with Crippen LogP contribution in [0.15, 0.2) is 42.5 Å². The lowest BCUT2D eigenvalue weighted by atomic mass is 10.1. The van der Waals surface area contributed by atoms with Crippen LogP contribution in [0.1, 0.15) is 17.5 Å². The maximum atomic E-state index is 11.3. The van der Waals surface area contributed by atoms with E-state index in [1.54, 1.807) is 19.2 Å². The van der Waals surface area contributed by atoms with E-state index in [1.165, 1.54) is 0 Å². The highest BCUT2D eigenvalue weighted by molar-refractivity contribution is 5.92. The second-order valence-corrected chi connectivity index (χ2v) is 5.70. The van der Waals surface area contributed by atoms with E-state index in [4.69, 9.17) is 15.6 Å². The lowest BCUT2D eigenvalue weighted by Crippen LogP contribution is -2.21. The SMILES string of the molecule is CNc1ccc(OCc2ccc(NC(=O)CN)cc2)cc1CCC(=O)O. The summed E-state index contributed by atoms with van der Waals surface area (Å²) in [5.41, 5.74) is 8.67.